The third-order valence-electron chi connectivity index (χ3n) is 4.98. The number of amides is 2. The third-order valence-corrected chi connectivity index (χ3v) is 4.98. The molecule has 0 saturated carbocycles. The molecule has 1 aliphatic heterocycles. The Morgan fingerprint density at radius 1 is 1.09 bits per heavy atom. The molecule has 2 aromatic heterocycles. The minimum Gasteiger partial charge on any atom is -0.464 e. The molecule has 3 heterocycles. The number of hydrogen-bond donors (Lipinski definition) is 2. The summed E-state index contributed by atoms with van der Waals surface area (Å²) in [5.74, 6) is -1.45. The van der Waals surface area contributed by atoms with E-state index in [1.807, 2.05) is 0 Å². The number of carbonyl (C=O) groups is 3. The predicted molar refractivity (Wildman–Crippen MR) is 119 cm³/mol. The van der Waals surface area contributed by atoms with Crippen molar-refractivity contribution in [2.75, 3.05) is 13.2 Å². The molecule has 0 radical (unpaired) electrons. The Morgan fingerprint density at radius 2 is 1.86 bits per heavy atom. The van der Waals surface area contributed by atoms with E-state index in [2.05, 4.69) is 15.7 Å². The molecule has 0 fully saturated rings. The van der Waals surface area contributed by atoms with Gasteiger partial charge in [-0.1, -0.05) is 18.2 Å². The van der Waals surface area contributed by atoms with E-state index >= 15 is 0 Å². The van der Waals surface area contributed by atoms with Crippen molar-refractivity contribution >= 4 is 18.0 Å². The highest BCUT2D eigenvalue weighted by Gasteiger charge is 2.36. The van der Waals surface area contributed by atoms with Gasteiger partial charge in [0, 0.05) is 5.56 Å². The van der Waals surface area contributed by atoms with Gasteiger partial charge < -0.3 is 28.9 Å². The number of rotatable bonds is 8. The fourth-order valence-corrected chi connectivity index (χ4v) is 3.43. The Balaban J connectivity index is 1.52. The van der Waals surface area contributed by atoms with Crippen LogP contribution in [0.15, 0.2) is 67.4 Å². The quantitative estimate of drug-likeness (QED) is 0.457. The lowest BCUT2D eigenvalue weighted by Crippen LogP contribution is -2.47. The number of ether oxygens (including phenoxy) is 2. The Kier molecular flexibility index (Phi) is 6.81. The van der Waals surface area contributed by atoms with Crippen LogP contribution in [0.25, 0.3) is 11.5 Å². The average molecular weight is 482 g/mol. The normalized spacial score (nSPS) is 15.4. The molecule has 0 unspecified atom stereocenters. The SMILES string of the molecule is CCOC(=O)C1=C(COC(=O)Cn2nc(-c3ccccc3)oc2=O)NC(=O)N[C@@H]1c1ccc(C)o1. The second kappa shape index (κ2) is 10.1. The number of nitrogens with one attached hydrogen (secondary N) is 2. The van der Waals surface area contributed by atoms with Gasteiger partial charge in [-0.25, -0.2) is 14.4 Å². The number of hydrogen-bond acceptors (Lipinski definition) is 9. The first kappa shape index (κ1) is 23.5. The Labute approximate surface area is 198 Å². The van der Waals surface area contributed by atoms with Crippen molar-refractivity contribution in [3.63, 3.8) is 0 Å². The van der Waals surface area contributed by atoms with Gasteiger partial charge in [0.2, 0.25) is 5.89 Å². The highest BCUT2D eigenvalue weighted by atomic mass is 16.5. The number of aryl methyl sites for hydroxylation is 1. The lowest BCUT2D eigenvalue weighted by Gasteiger charge is -2.27. The number of carbonyl (C=O) groups excluding carboxylic acids is 3. The maximum Gasteiger partial charge on any atom is 0.437 e. The first-order valence-electron chi connectivity index (χ1n) is 10.7. The van der Waals surface area contributed by atoms with Crippen molar-refractivity contribution in [2.45, 2.75) is 26.4 Å². The average Bonchev–Trinajstić information content (AvgIpc) is 3.43. The fourth-order valence-electron chi connectivity index (χ4n) is 3.43. The molecular weight excluding hydrogens is 460 g/mol. The molecule has 12 nitrogen and oxygen atoms in total. The van der Waals surface area contributed by atoms with E-state index in [0.717, 1.165) is 4.68 Å². The molecule has 1 aromatic carbocycles. The molecule has 12 heteroatoms. The maximum absolute atomic E-state index is 12.7. The first-order chi connectivity index (χ1) is 16.9. The van der Waals surface area contributed by atoms with Crippen molar-refractivity contribution < 1.29 is 32.7 Å². The summed E-state index contributed by atoms with van der Waals surface area (Å²) >= 11 is 0. The van der Waals surface area contributed by atoms with Crippen molar-refractivity contribution in [2.24, 2.45) is 0 Å². The molecule has 2 N–H and O–H groups in total. The molecule has 0 spiro atoms. The monoisotopic (exact) mass is 482 g/mol. The van der Waals surface area contributed by atoms with Gasteiger partial charge in [0.25, 0.3) is 0 Å². The van der Waals surface area contributed by atoms with Gasteiger partial charge >= 0.3 is 23.7 Å². The third kappa shape index (κ3) is 5.32. The summed E-state index contributed by atoms with van der Waals surface area (Å²) in [6.07, 6.45) is 0. The number of benzene rings is 1. The first-order valence-corrected chi connectivity index (χ1v) is 10.7. The van der Waals surface area contributed by atoms with Crippen LogP contribution in [0.1, 0.15) is 24.5 Å². The maximum atomic E-state index is 12.7. The zero-order valence-corrected chi connectivity index (χ0v) is 18.9. The van der Waals surface area contributed by atoms with Gasteiger partial charge in [-0.05, 0) is 38.1 Å². The van der Waals surface area contributed by atoms with E-state index in [1.54, 1.807) is 56.3 Å². The molecule has 0 bridgehead atoms. The number of aromatic nitrogens is 2. The molecule has 0 aliphatic carbocycles. The van der Waals surface area contributed by atoms with Crippen molar-refractivity contribution in [3.8, 4) is 11.5 Å². The van der Waals surface area contributed by atoms with Gasteiger partial charge in [0.1, 0.15) is 30.7 Å². The number of esters is 2. The standard InChI is InChI=1S/C23H22N4O8/c1-3-32-21(29)18-15(24-22(30)25-19(18)16-10-9-13(2)34-16)12-33-17(28)11-27-23(31)35-20(26-27)14-7-5-4-6-8-14/h4-10,19H,3,11-12H2,1-2H3,(H2,24,25,30)/t19-/m1/s1. The van der Waals surface area contributed by atoms with Crippen LogP contribution in [0.4, 0.5) is 4.79 Å². The van der Waals surface area contributed by atoms with Crippen LogP contribution in [0.2, 0.25) is 0 Å². The van der Waals surface area contributed by atoms with Gasteiger partial charge in [-0.2, -0.15) is 4.68 Å². The van der Waals surface area contributed by atoms with Crippen molar-refractivity contribution in [1.82, 2.24) is 20.4 Å². The minimum atomic E-state index is -0.947. The van der Waals surface area contributed by atoms with Gasteiger partial charge in [-0.15, -0.1) is 5.10 Å². The van der Waals surface area contributed by atoms with E-state index in [-0.39, 0.29) is 23.8 Å². The number of urea groups is 1. The summed E-state index contributed by atoms with van der Waals surface area (Å²) in [5, 5.41) is 9.09. The summed E-state index contributed by atoms with van der Waals surface area (Å²) in [7, 11) is 0. The highest BCUT2D eigenvalue weighted by molar-refractivity contribution is 5.95. The van der Waals surface area contributed by atoms with E-state index in [4.69, 9.17) is 18.3 Å². The summed E-state index contributed by atoms with van der Waals surface area (Å²) in [6.45, 7) is 2.45. The Bertz CT molecular complexity index is 1330. The molecule has 1 atom stereocenters. The van der Waals surface area contributed by atoms with E-state index in [0.29, 0.717) is 17.1 Å². The second-order valence-electron chi connectivity index (χ2n) is 7.45. The molecule has 3 aromatic rings. The molecule has 35 heavy (non-hydrogen) atoms. The topological polar surface area (TPSA) is 155 Å². The lowest BCUT2D eigenvalue weighted by atomic mass is 10.0. The highest BCUT2D eigenvalue weighted by Crippen LogP contribution is 2.29. The van der Waals surface area contributed by atoms with Crippen LogP contribution in [-0.4, -0.2) is 41.0 Å². The van der Waals surface area contributed by atoms with Gasteiger partial charge in [-0.3, -0.25) is 4.79 Å². The van der Waals surface area contributed by atoms with E-state index in [1.165, 1.54) is 0 Å². The van der Waals surface area contributed by atoms with Crippen LogP contribution < -0.4 is 16.4 Å². The lowest BCUT2D eigenvalue weighted by molar-refractivity contribution is -0.144. The number of nitrogens with zero attached hydrogens (tertiary/aromatic N) is 2. The van der Waals surface area contributed by atoms with Gasteiger partial charge in [0.15, 0.2) is 0 Å². The molecular formula is C23H22N4O8. The van der Waals surface area contributed by atoms with Crippen LogP contribution in [0.5, 0.6) is 0 Å². The summed E-state index contributed by atoms with van der Waals surface area (Å²) in [5.41, 5.74) is 0.619. The molecule has 182 valence electrons. The largest absolute Gasteiger partial charge is 0.464 e. The van der Waals surface area contributed by atoms with Crippen LogP contribution in [0, 0.1) is 6.92 Å². The minimum absolute atomic E-state index is 0.0251. The zero-order valence-electron chi connectivity index (χ0n) is 18.9. The predicted octanol–water partition coefficient (Wildman–Crippen LogP) is 1.82. The summed E-state index contributed by atoms with van der Waals surface area (Å²) in [4.78, 5) is 49.5. The van der Waals surface area contributed by atoms with Crippen molar-refractivity contribution in [3.05, 3.63) is 75.8 Å². The summed E-state index contributed by atoms with van der Waals surface area (Å²) in [6, 6.07) is 10.4. The summed E-state index contributed by atoms with van der Waals surface area (Å²) < 4.78 is 21.9. The van der Waals surface area contributed by atoms with Crippen LogP contribution >= 0.6 is 0 Å². The van der Waals surface area contributed by atoms with Crippen LogP contribution in [0.3, 0.4) is 0 Å². The van der Waals surface area contributed by atoms with Crippen molar-refractivity contribution in [1.29, 1.82) is 0 Å². The second-order valence-corrected chi connectivity index (χ2v) is 7.45. The fraction of sp³-hybridized carbons (Fsp3) is 0.261. The molecule has 2 amide bonds. The van der Waals surface area contributed by atoms with Crippen LogP contribution in [-0.2, 0) is 25.6 Å². The Morgan fingerprint density at radius 3 is 2.54 bits per heavy atom. The zero-order chi connectivity index (χ0) is 24.9. The van der Waals surface area contributed by atoms with E-state index < -0.39 is 42.9 Å². The smallest absolute Gasteiger partial charge is 0.437 e. The molecule has 4 rings (SSSR count). The van der Waals surface area contributed by atoms with Gasteiger partial charge in [0.05, 0.1) is 17.9 Å². The number of furan rings is 1. The Hall–Kier alpha value is -4.61. The van der Waals surface area contributed by atoms with E-state index in [9.17, 15) is 19.2 Å². The molecule has 1 aliphatic rings. The molecule has 0 saturated heterocycles.